The molecule has 0 aliphatic heterocycles. The largest absolute Gasteiger partial charge is 0.455 e. The van der Waals surface area contributed by atoms with Gasteiger partial charge in [0.05, 0.1) is 5.75 Å². The standard InChI is InChI=1S/C26H33NO3S/c1-17-3-5-19(6-4-17)15-31(29)16-23-7-8-24(30-23)25(28)27-18(2)26-12-20-9-21(13-26)11-22(10-20)14-26/h3-8,18,20-22H,9-16H2,1-2H3,(H,27,28)/t18-,20?,21?,22?,26?,31-/m0/s1. The molecule has 4 aliphatic rings. The maximum Gasteiger partial charge on any atom is 0.287 e. The van der Waals surface area contributed by atoms with E-state index in [1.807, 2.05) is 31.2 Å². The van der Waals surface area contributed by atoms with Crippen LogP contribution in [0.4, 0.5) is 0 Å². The Hall–Kier alpha value is -1.88. The predicted molar refractivity (Wildman–Crippen MR) is 123 cm³/mol. The molecule has 1 aromatic carbocycles. The molecule has 0 saturated heterocycles. The minimum atomic E-state index is -1.07. The molecule has 1 N–H and O–H groups in total. The quantitative estimate of drug-likeness (QED) is 0.631. The number of amides is 1. The molecule has 0 unspecified atom stereocenters. The van der Waals surface area contributed by atoms with Gasteiger partial charge >= 0.3 is 0 Å². The van der Waals surface area contributed by atoms with Crippen LogP contribution in [-0.4, -0.2) is 16.2 Å². The van der Waals surface area contributed by atoms with Crippen molar-refractivity contribution in [2.45, 2.75) is 69.9 Å². The van der Waals surface area contributed by atoms with E-state index in [-0.39, 0.29) is 17.4 Å². The Morgan fingerprint density at radius 3 is 2.26 bits per heavy atom. The maximum absolute atomic E-state index is 12.9. The normalized spacial score (nSPS) is 30.8. The molecule has 4 fully saturated rings. The van der Waals surface area contributed by atoms with Gasteiger partial charge in [-0.3, -0.25) is 9.00 Å². The van der Waals surface area contributed by atoms with Crippen molar-refractivity contribution in [2.75, 3.05) is 0 Å². The molecule has 6 rings (SSSR count). The lowest BCUT2D eigenvalue weighted by molar-refractivity contribution is -0.0688. The molecule has 4 saturated carbocycles. The molecule has 1 heterocycles. The summed E-state index contributed by atoms with van der Waals surface area (Å²) in [5.41, 5.74) is 2.52. The summed E-state index contributed by atoms with van der Waals surface area (Å²) in [7, 11) is -1.07. The van der Waals surface area contributed by atoms with Crippen molar-refractivity contribution < 1.29 is 13.4 Å². The van der Waals surface area contributed by atoms with Gasteiger partial charge in [0.15, 0.2) is 5.76 Å². The average Bonchev–Trinajstić information content (AvgIpc) is 3.17. The fourth-order valence-corrected chi connectivity index (χ4v) is 7.93. The second kappa shape index (κ2) is 8.23. The average molecular weight is 440 g/mol. The highest BCUT2D eigenvalue weighted by molar-refractivity contribution is 7.83. The predicted octanol–water partition coefficient (Wildman–Crippen LogP) is 5.37. The lowest BCUT2D eigenvalue weighted by Crippen LogP contribution is -2.55. The summed E-state index contributed by atoms with van der Waals surface area (Å²) in [6.07, 6.45) is 8.01. The Balaban J connectivity index is 1.18. The van der Waals surface area contributed by atoms with Gasteiger partial charge in [-0.1, -0.05) is 29.8 Å². The fourth-order valence-electron chi connectivity index (χ4n) is 6.79. The molecule has 1 amide bonds. The van der Waals surface area contributed by atoms with Gasteiger partial charge in [-0.2, -0.15) is 0 Å². The van der Waals surface area contributed by atoms with E-state index < -0.39 is 10.8 Å². The van der Waals surface area contributed by atoms with E-state index in [1.54, 1.807) is 12.1 Å². The third kappa shape index (κ3) is 4.39. The van der Waals surface area contributed by atoms with Crippen molar-refractivity contribution >= 4 is 16.7 Å². The highest BCUT2D eigenvalue weighted by atomic mass is 32.2. The zero-order chi connectivity index (χ0) is 21.6. The van der Waals surface area contributed by atoms with E-state index in [2.05, 4.69) is 12.2 Å². The Labute approximate surface area is 187 Å². The van der Waals surface area contributed by atoms with Gasteiger partial charge in [0, 0.05) is 22.6 Å². The van der Waals surface area contributed by atoms with E-state index in [0.29, 0.717) is 23.0 Å². The molecule has 4 bridgehead atoms. The van der Waals surface area contributed by atoms with Gasteiger partial charge in [-0.15, -0.1) is 0 Å². The number of hydrogen-bond acceptors (Lipinski definition) is 3. The number of carbonyl (C=O) groups is 1. The van der Waals surface area contributed by atoms with Crippen LogP contribution in [0.1, 0.15) is 72.9 Å². The first-order valence-electron chi connectivity index (χ1n) is 11.7. The number of carbonyl (C=O) groups excluding carboxylic acids is 1. The second-order valence-electron chi connectivity index (χ2n) is 10.5. The van der Waals surface area contributed by atoms with Gasteiger partial charge in [0.25, 0.3) is 5.91 Å². The summed E-state index contributed by atoms with van der Waals surface area (Å²) in [4.78, 5) is 12.9. The van der Waals surface area contributed by atoms with Crippen LogP contribution in [0, 0.1) is 30.1 Å². The van der Waals surface area contributed by atoms with Crippen molar-refractivity contribution in [3.05, 3.63) is 59.0 Å². The highest BCUT2D eigenvalue weighted by Crippen LogP contribution is 2.61. The van der Waals surface area contributed by atoms with Crippen LogP contribution in [0.25, 0.3) is 0 Å². The van der Waals surface area contributed by atoms with Gasteiger partial charge in [-0.05, 0) is 93.2 Å². The van der Waals surface area contributed by atoms with E-state index in [1.165, 1.54) is 44.1 Å². The Bertz CT molecular complexity index is 942. The molecule has 166 valence electrons. The third-order valence-electron chi connectivity index (χ3n) is 7.99. The van der Waals surface area contributed by atoms with Crippen LogP contribution in [0.5, 0.6) is 0 Å². The summed E-state index contributed by atoms with van der Waals surface area (Å²) >= 11 is 0. The maximum atomic E-state index is 12.9. The van der Waals surface area contributed by atoms with Crippen molar-refractivity contribution in [3.63, 3.8) is 0 Å². The number of furan rings is 1. The van der Waals surface area contributed by atoms with Crippen LogP contribution in [0.2, 0.25) is 0 Å². The number of nitrogens with one attached hydrogen (secondary N) is 1. The highest BCUT2D eigenvalue weighted by Gasteiger charge is 2.53. The first-order valence-corrected chi connectivity index (χ1v) is 13.2. The van der Waals surface area contributed by atoms with Crippen LogP contribution in [0.15, 0.2) is 40.8 Å². The summed E-state index contributed by atoms with van der Waals surface area (Å²) in [5.74, 6) is 4.21. The first-order chi connectivity index (χ1) is 14.9. The monoisotopic (exact) mass is 439 g/mol. The first kappa shape index (κ1) is 21.0. The summed E-state index contributed by atoms with van der Waals surface area (Å²) in [5, 5.41) is 3.26. The van der Waals surface area contributed by atoms with Gasteiger partial charge in [-0.25, -0.2) is 0 Å². The minimum Gasteiger partial charge on any atom is -0.455 e. The summed E-state index contributed by atoms with van der Waals surface area (Å²) in [6.45, 7) is 4.23. The van der Waals surface area contributed by atoms with Crippen molar-refractivity contribution in [2.24, 2.45) is 23.2 Å². The van der Waals surface area contributed by atoms with Gasteiger partial charge in [0.1, 0.15) is 5.76 Å². The van der Waals surface area contributed by atoms with Crippen LogP contribution in [0.3, 0.4) is 0 Å². The van der Waals surface area contributed by atoms with Crippen molar-refractivity contribution in [1.29, 1.82) is 0 Å². The molecule has 4 nitrogen and oxygen atoms in total. The molecular weight excluding hydrogens is 406 g/mol. The molecule has 0 radical (unpaired) electrons. The van der Waals surface area contributed by atoms with Crippen LogP contribution >= 0.6 is 0 Å². The lowest BCUT2D eigenvalue weighted by Gasteiger charge is -2.59. The van der Waals surface area contributed by atoms with Crippen molar-refractivity contribution in [1.82, 2.24) is 5.32 Å². The third-order valence-corrected chi connectivity index (χ3v) is 9.25. The number of rotatable bonds is 7. The van der Waals surface area contributed by atoms with E-state index in [4.69, 9.17) is 4.42 Å². The molecular formula is C26H33NO3S. The van der Waals surface area contributed by atoms with E-state index in [9.17, 15) is 9.00 Å². The molecule has 4 aliphatic carbocycles. The Kier molecular flexibility index (Phi) is 5.58. The molecule has 2 aromatic rings. The van der Waals surface area contributed by atoms with Gasteiger partial charge < -0.3 is 9.73 Å². The van der Waals surface area contributed by atoms with E-state index in [0.717, 1.165) is 23.3 Å². The zero-order valence-corrected chi connectivity index (χ0v) is 19.4. The van der Waals surface area contributed by atoms with Crippen LogP contribution < -0.4 is 5.32 Å². The topological polar surface area (TPSA) is 59.3 Å². The lowest BCUT2D eigenvalue weighted by atomic mass is 9.48. The Morgan fingerprint density at radius 1 is 1.03 bits per heavy atom. The molecule has 5 heteroatoms. The zero-order valence-electron chi connectivity index (χ0n) is 18.6. The molecule has 31 heavy (non-hydrogen) atoms. The van der Waals surface area contributed by atoms with Crippen LogP contribution in [-0.2, 0) is 22.3 Å². The number of benzene rings is 1. The number of aryl methyl sites for hydroxylation is 1. The molecule has 2 atom stereocenters. The summed E-state index contributed by atoms with van der Waals surface area (Å²) < 4.78 is 18.3. The summed E-state index contributed by atoms with van der Waals surface area (Å²) in [6, 6.07) is 11.8. The minimum absolute atomic E-state index is 0.140. The second-order valence-corrected chi connectivity index (χ2v) is 11.9. The smallest absolute Gasteiger partial charge is 0.287 e. The molecule has 1 aromatic heterocycles. The fraction of sp³-hybridized carbons (Fsp3) is 0.577. The van der Waals surface area contributed by atoms with Crippen molar-refractivity contribution in [3.8, 4) is 0 Å². The van der Waals surface area contributed by atoms with Gasteiger partial charge in [0.2, 0.25) is 0 Å². The molecule has 0 spiro atoms. The Morgan fingerprint density at radius 2 is 1.65 bits per heavy atom. The SMILES string of the molecule is Cc1ccc(C[S@](=O)Cc2ccc(C(=O)N[C@@H](C)C34CC5CC(CC(C5)C3)C4)o2)cc1. The number of hydrogen-bond donors (Lipinski definition) is 1. The van der Waals surface area contributed by atoms with E-state index >= 15 is 0 Å².